The second kappa shape index (κ2) is 5.05. The number of benzene rings is 1. The Balaban J connectivity index is 2.69. The van der Waals surface area contributed by atoms with Crippen LogP contribution in [0.3, 0.4) is 0 Å². The monoisotopic (exact) mass is 285 g/mol. The zero-order chi connectivity index (χ0) is 12.4. The van der Waals surface area contributed by atoms with Gasteiger partial charge in [0.1, 0.15) is 0 Å². The number of halogens is 3. The van der Waals surface area contributed by atoms with Crippen LogP contribution in [-0.4, -0.2) is 11.3 Å². The highest BCUT2D eigenvalue weighted by molar-refractivity contribution is 6.49. The number of aldehydes is 1. The van der Waals surface area contributed by atoms with Crippen molar-refractivity contribution in [3.05, 3.63) is 51.2 Å². The molecular formula is C12H6Cl3NO. The van der Waals surface area contributed by atoms with E-state index in [1.54, 1.807) is 30.6 Å². The van der Waals surface area contributed by atoms with Gasteiger partial charge in [-0.2, -0.15) is 0 Å². The molecule has 0 aliphatic carbocycles. The van der Waals surface area contributed by atoms with E-state index in [9.17, 15) is 4.79 Å². The van der Waals surface area contributed by atoms with Crippen molar-refractivity contribution in [1.29, 1.82) is 0 Å². The largest absolute Gasteiger partial charge is 0.298 e. The fourth-order valence-corrected chi connectivity index (χ4v) is 2.10. The summed E-state index contributed by atoms with van der Waals surface area (Å²) in [6, 6.07) is 4.95. The Morgan fingerprint density at radius 2 is 1.76 bits per heavy atom. The number of aromatic nitrogens is 1. The zero-order valence-electron chi connectivity index (χ0n) is 8.45. The molecule has 0 aliphatic heterocycles. The van der Waals surface area contributed by atoms with Crippen molar-refractivity contribution in [2.45, 2.75) is 0 Å². The van der Waals surface area contributed by atoms with E-state index in [1.807, 2.05) is 0 Å². The molecule has 1 heterocycles. The molecule has 0 saturated carbocycles. The second-order valence-electron chi connectivity index (χ2n) is 3.30. The molecule has 0 N–H and O–H groups in total. The molecule has 0 radical (unpaired) electrons. The fraction of sp³-hybridized carbons (Fsp3) is 0. The van der Waals surface area contributed by atoms with Gasteiger partial charge in [0.25, 0.3) is 0 Å². The van der Waals surface area contributed by atoms with Crippen LogP contribution in [0.15, 0.2) is 30.6 Å². The zero-order valence-corrected chi connectivity index (χ0v) is 10.7. The molecule has 0 aliphatic rings. The molecule has 0 atom stereocenters. The number of nitrogens with zero attached hydrogens (tertiary/aromatic N) is 1. The molecular weight excluding hydrogens is 280 g/mol. The highest BCUT2D eigenvalue weighted by atomic mass is 35.5. The van der Waals surface area contributed by atoms with Gasteiger partial charge in [-0.1, -0.05) is 40.9 Å². The van der Waals surface area contributed by atoms with Crippen LogP contribution >= 0.6 is 34.8 Å². The first-order valence-electron chi connectivity index (χ1n) is 4.68. The molecule has 0 unspecified atom stereocenters. The minimum absolute atomic E-state index is 0.270. The lowest BCUT2D eigenvalue weighted by molar-refractivity contribution is 0.112. The Bertz CT molecular complexity index is 584. The number of carbonyl (C=O) groups excluding carboxylic acids is 1. The molecule has 0 amide bonds. The third kappa shape index (κ3) is 2.29. The van der Waals surface area contributed by atoms with Crippen molar-refractivity contribution >= 4 is 41.1 Å². The van der Waals surface area contributed by atoms with Crippen LogP contribution in [0.25, 0.3) is 11.1 Å². The van der Waals surface area contributed by atoms with Crippen LogP contribution in [0.5, 0.6) is 0 Å². The van der Waals surface area contributed by atoms with Crippen molar-refractivity contribution in [2.75, 3.05) is 0 Å². The van der Waals surface area contributed by atoms with Crippen molar-refractivity contribution in [3.8, 4) is 11.1 Å². The molecule has 17 heavy (non-hydrogen) atoms. The maximum atomic E-state index is 10.9. The van der Waals surface area contributed by atoms with Gasteiger partial charge in [0, 0.05) is 29.1 Å². The van der Waals surface area contributed by atoms with E-state index in [4.69, 9.17) is 34.8 Å². The SMILES string of the molecule is O=Cc1ccncc1-c1ccc(Cl)c(Cl)c1Cl. The van der Waals surface area contributed by atoms with Crippen LogP contribution in [0.4, 0.5) is 0 Å². The van der Waals surface area contributed by atoms with E-state index < -0.39 is 0 Å². The summed E-state index contributed by atoms with van der Waals surface area (Å²) in [5.74, 6) is 0. The van der Waals surface area contributed by atoms with Crippen LogP contribution in [0.2, 0.25) is 15.1 Å². The van der Waals surface area contributed by atoms with Gasteiger partial charge in [-0.15, -0.1) is 0 Å². The average molecular weight is 287 g/mol. The predicted molar refractivity (Wildman–Crippen MR) is 70.1 cm³/mol. The minimum Gasteiger partial charge on any atom is -0.298 e. The van der Waals surface area contributed by atoms with Crippen LogP contribution in [0, 0.1) is 0 Å². The standard InChI is InChI=1S/C12H6Cl3NO/c13-10-2-1-8(11(14)12(10)15)9-5-16-4-3-7(9)6-17/h1-6H. The molecule has 0 saturated heterocycles. The first kappa shape index (κ1) is 12.4. The maximum absolute atomic E-state index is 10.9. The van der Waals surface area contributed by atoms with E-state index in [2.05, 4.69) is 4.98 Å². The van der Waals surface area contributed by atoms with Crippen LogP contribution in [-0.2, 0) is 0 Å². The van der Waals surface area contributed by atoms with Gasteiger partial charge in [0.15, 0.2) is 6.29 Å². The van der Waals surface area contributed by atoms with Gasteiger partial charge in [0.05, 0.1) is 15.1 Å². The quantitative estimate of drug-likeness (QED) is 0.600. The van der Waals surface area contributed by atoms with Gasteiger partial charge in [-0.3, -0.25) is 9.78 Å². The van der Waals surface area contributed by atoms with Crippen LogP contribution in [0.1, 0.15) is 10.4 Å². The van der Waals surface area contributed by atoms with Crippen molar-refractivity contribution in [3.63, 3.8) is 0 Å². The lowest BCUT2D eigenvalue weighted by Crippen LogP contribution is -1.90. The normalized spacial score (nSPS) is 10.3. The van der Waals surface area contributed by atoms with E-state index in [0.717, 1.165) is 6.29 Å². The van der Waals surface area contributed by atoms with E-state index >= 15 is 0 Å². The van der Waals surface area contributed by atoms with Gasteiger partial charge >= 0.3 is 0 Å². The Morgan fingerprint density at radius 3 is 2.47 bits per heavy atom. The Labute approximate surface area is 113 Å². The summed E-state index contributed by atoms with van der Waals surface area (Å²) in [4.78, 5) is 14.9. The van der Waals surface area contributed by atoms with Crippen LogP contribution < -0.4 is 0 Å². The van der Waals surface area contributed by atoms with E-state index in [1.165, 1.54) is 0 Å². The maximum Gasteiger partial charge on any atom is 0.150 e. The molecule has 1 aromatic carbocycles. The van der Waals surface area contributed by atoms with Crippen molar-refractivity contribution < 1.29 is 4.79 Å². The average Bonchev–Trinajstić information content (AvgIpc) is 2.36. The van der Waals surface area contributed by atoms with Gasteiger partial charge in [-0.25, -0.2) is 0 Å². The number of rotatable bonds is 2. The smallest absolute Gasteiger partial charge is 0.150 e. The summed E-state index contributed by atoms with van der Waals surface area (Å²) in [5, 5.41) is 0.957. The third-order valence-electron chi connectivity index (χ3n) is 2.31. The topological polar surface area (TPSA) is 30.0 Å². The summed E-state index contributed by atoms with van der Waals surface area (Å²) < 4.78 is 0. The molecule has 2 nitrogen and oxygen atoms in total. The summed E-state index contributed by atoms with van der Waals surface area (Å²) in [5.41, 5.74) is 1.77. The van der Waals surface area contributed by atoms with Crippen molar-refractivity contribution in [1.82, 2.24) is 4.98 Å². The first-order valence-corrected chi connectivity index (χ1v) is 5.81. The lowest BCUT2D eigenvalue weighted by atomic mass is 10.0. The highest BCUT2D eigenvalue weighted by Gasteiger charge is 2.13. The molecule has 2 rings (SSSR count). The molecule has 1 aromatic heterocycles. The molecule has 0 spiro atoms. The van der Waals surface area contributed by atoms with Gasteiger partial charge in [-0.05, 0) is 12.1 Å². The van der Waals surface area contributed by atoms with E-state index in [-0.39, 0.29) is 5.02 Å². The summed E-state index contributed by atoms with van der Waals surface area (Å²) >= 11 is 17.9. The van der Waals surface area contributed by atoms with E-state index in [0.29, 0.717) is 26.7 Å². The van der Waals surface area contributed by atoms with Crippen molar-refractivity contribution in [2.24, 2.45) is 0 Å². The molecule has 2 aromatic rings. The number of hydrogen-bond donors (Lipinski definition) is 0. The predicted octanol–water partition coefficient (Wildman–Crippen LogP) is 4.52. The Kier molecular flexibility index (Phi) is 3.67. The fourth-order valence-electron chi connectivity index (χ4n) is 1.47. The summed E-state index contributed by atoms with van der Waals surface area (Å²) in [6.45, 7) is 0. The molecule has 0 bridgehead atoms. The molecule has 0 fully saturated rings. The molecule has 86 valence electrons. The highest BCUT2D eigenvalue weighted by Crippen LogP contribution is 2.38. The second-order valence-corrected chi connectivity index (χ2v) is 4.47. The molecule has 5 heteroatoms. The Hall–Kier alpha value is -1.09. The van der Waals surface area contributed by atoms with Gasteiger partial charge in [0.2, 0.25) is 0 Å². The minimum atomic E-state index is 0.270. The van der Waals surface area contributed by atoms with Gasteiger partial charge < -0.3 is 0 Å². The lowest BCUT2D eigenvalue weighted by Gasteiger charge is -2.08. The summed E-state index contributed by atoms with van der Waals surface area (Å²) in [7, 11) is 0. The third-order valence-corrected chi connectivity index (χ3v) is 3.60. The number of pyridine rings is 1. The Morgan fingerprint density at radius 1 is 1.00 bits per heavy atom. The number of hydrogen-bond acceptors (Lipinski definition) is 2. The summed E-state index contributed by atoms with van der Waals surface area (Å²) in [6.07, 6.45) is 3.85. The number of carbonyl (C=O) groups is 1. The first-order chi connectivity index (χ1) is 8.15.